The normalized spacial score (nSPS) is 11.0. The van der Waals surface area contributed by atoms with E-state index in [0.29, 0.717) is 0 Å². The van der Waals surface area contributed by atoms with Crippen molar-refractivity contribution in [3.63, 3.8) is 0 Å². The Balaban J connectivity index is 2.90. The standard InChI is InChI=1S/C12H14F2N2O3/c1-6-4-5-7(13)9(8(6)14)15-11(19)16-12(2,3)10(17)18/h4-5H,1-3H3,(H,17,18)(H2,15,16,19). The fourth-order valence-corrected chi connectivity index (χ4v) is 1.25. The number of amides is 2. The summed E-state index contributed by atoms with van der Waals surface area (Å²) in [6.45, 7) is 3.91. The van der Waals surface area contributed by atoms with Gasteiger partial charge in [-0.15, -0.1) is 0 Å². The molecule has 0 heterocycles. The minimum Gasteiger partial charge on any atom is -0.480 e. The SMILES string of the molecule is Cc1ccc(F)c(NC(=O)NC(C)(C)C(=O)O)c1F. The molecule has 7 heteroatoms. The van der Waals surface area contributed by atoms with Gasteiger partial charge in [-0.3, -0.25) is 0 Å². The van der Waals surface area contributed by atoms with E-state index in [9.17, 15) is 18.4 Å². The van der Waals surface area contributed by atoms with Crippen LogP contribution < -0.4 is 10.6 Å². The number of carbonyl (C=O) groups is 2. The molecule has 0 aliphatic heterocycles. The summed E-state index contributed by atoms with van der Waals surface area (Å²) in [4.78, 5) is 22.3. The number of carbonyl (C=O) groups excluding carboxylic acids is 1. The fraction of sp³-hybridized carbons (Fsp3) is 0.333. The van der Waals surface area contributed by atoms with Crippen LogP contribution in [-0.4, -0.2) is 22.6 Å². The van der Waals surface area contributed by atoms with Gasteiger partial charge in [0.1, 0.15) is 17.0 Å². The number of urea groups is 1. The van der Waals surface area contributed by atoms with Crippen molar-refractivity contribution in [1.82, 2.24) is 5.32 Å². The lowest BCUT2D eigenvalue weighted by atomic mass is 10.1. The highest BCUT2D eigenvalue weighted by Gasteiger charge is 2.29. The van der Waals surface area contributed by atoms with Crippen molar-refractivity contribution in [2.45, 2.75) is 26.3 Å². The summed E-state index contributed by atoms with van der Waals surface area (Å²) in [6.07, 6.45) is 0. The molecule has 1 rings (SSSR count). The largest absolute Gasteiger partial charge is 0.480 e. The van der Waals surface area contributed by atoms with Crippen molar-refractivity contribution in [3.05, 3.63) is 29.3 Å². The van der Waals surface area contributed by atoms with Gasteiger partial charge in [-0.25, -0.2) is 18.4 Å². The molecule has 0 aliphatic carbocycles. The maximum atomic E-state index is 13.6. The average molecular weight is 272 g/mol. The zero-order valence-electron chi connectivity index (χ0n) is 10.7. The minimum atomic E-state index is -1.55. The van der Waals surface area contributed by atoms with Gasteiger partial charge in [-0.1, -0.05) is 6.07 Å². The lowest BCUT2D eigenvalue weighted by Gasteiger charge is -2.21. The Morgan fingerprint density at radius 3 is 2.37 bits per heavy atom. The first-order chi connectivity index (χ1) is 8.65. The summed E-state index contributed by atoms with van der Waals surface area (Å²) < 4.78 is 27.0. The van der Waals surface area contributed by atoms with Gasteiger partial charge >= 0.3 is 12.0 Å². The van der Waals surface area contributed by atoms with E-state index in [1.807, 2.05) is 5.32 Å². The number of hydrogen-bond acceptors (Lipinski definition) is 2. The first-order valence-electron chi connectivity index (χ1n) is 5.42. The Kier molecular flexibility index (Phi) is 4.08. The Bertz CT molecular complexity index is 530. The molecule has 5 nitrogen and oxygen atoms in total. The van der Waals surface area contributed by atoms with E-state index >= 15 is 0 Å². The van der Waals surface area contributed by atoms with Crippen molar-refractivity contribution in [2.75, 3.05) is 5.32 Å². The average Bonchev–Trinajstić information content (AvgIpc) is 2.29. The summed E-state index contributed by atoms with van der Waals surface area (Å²) >= 11 is 0. The molecule has 1 aromatic rings. The minimum absolute atomic E-state index is 0.161. The molecule has 0 radical (unpaired) electrons. The summed E-state index contributed by atoms with van der Waals surface area (Å²) in [6, 6.07) is 1.24. The molecular weight excluding hydrogens is 258 g/mol. The maximum Gasteiger partial charge on any atom is 0.328 e. The molecule has 0 aliphatic rings. The van der Waals surface area contributed by atoms with Crippen molar-refractivity contribution >= 4 is 17.7 Å². The Hall–Kier alpha value is -2.18. The molecule has 0 bridgehead atoms. The van der Waals surface area contributed by atoms with Crippen LogP contribution in [-0.2, 0) is 4.79 Å². The van der Waals surface area contributed by atoms with Gasteiger partial charge in [-0.05, 0) is 32.4 Å². The second kappa shape index (κ2) is 5.21. The highest BCUT2D eigenvalue weighted by Crippen LogP contribution is 2.21. The third kappa shape index (κ3) is 3.40. The van der Waals surface area contributed by atoms with Crippen molar-refractivity contribution < 1.29 is 23.5 Å². The summed E-state index contributed by atoms with van der Waals surface area (Å²) in [5.74, 6) is -3.11. The Morgan fingerprint density at radius 1 is 1.26 bits per heavy atom. The van der Waals surface area contributed by atoms with Gasteiger partial charge in [0, 0.05) is 0 Å². The van der Waals surface area contributed by atoms with Crippen LogP contribution in [0.2, 0.25) is 0 Å². The molecular formula is C12H14F2N2O3. The first-order valence-corrected chi connectivity index (χ1v) is 5.42. The molecule has 104 valence electrons. The Morgan fingerprint density at radius 2 is 1.84 bits per heavy atom. The number of aryl methyl sites for hydroxylation is 1. The van der Waals surface area contributed by atoms with Crippen LogP contribution in [0.5, 0.6) is 0 Å². The van der Waals surface area contributed by atoms with Crippen LogP contribution in [0.15, 0.2) is 12.1 Å². The van der Waals surface area contributed by atoms with E-state index in [0.717, 1.165) is 6.07 Å². The van der Waals surface area contributed by atoms with Crippen molar-refractivity contribution in [1.29, 1.82) is 0 Å². The van der Waals surface area contributed by atoms with Crippen LogP contribution in [0.1, 0.15) is 19.4 Å². The molecule has 0 saturated carbocycles. The molecule has 1 aromatic carbocycles. The van der Waals surface area contributed by atoms with Gasteiger partial charge in [-0.2, -0.15) is 0 Å². The third-order valence-electron chi connectivity index (χ3n) is 2.48. The predicted molar refractivity (Wildman–Crippen MR) is 65.0 cm³/mol. The Labute approximate surface area is 108 Å². The highest BCUT2D eigenvalue weighted by molar-refractivity contribution is 5.93. The van der Waals surface area contributed by atoms with Crippen LogP contribution in [0.4, 0.5) is 19.3 Å². The quantitative estimate of drug-likeness (QED) is 0.789. The summed E-state index contributed by atoms with van der Waals surface area (Å²) in [7, 11) is 0. The lowest BCUT2D eigenvalue weighted by molar-refractivity contribution is -0.142. The van der Waals surface area contributed by atoms with Gasteiger partial charge in [0.15, 0.2) is 5.82 Å². The molecule has 0 saturated heterocycles. The van der Waals surface area contributed by atoms with E-state index in [1.54, 1.807) is 0 Å². The molecule has 0 spiro atoms. The van der Waals surface area contributed by atoms with E-state index in [4.69, 9.17) is 5.11 Å². The lowest BCUT2D eigenvalue weighted by Crippen LogP contribution is -2.51. The van der Waals surface area contributed by atoms with E-state index in [1.165, 1.54) is 26.8 Å². The second-order valence-electron chi connectivity index (χ2n) is 4.56. The van der Waals surface area contributed by atoms with Crippen LogP contribution >= 0.6 is 0 Å². The molecule has 0 atom stereocenters. The number of rotatable bonds is 3. The number of benzene rings is 1. The summed E-state index contributed by atoms with van der Waals surface area (Å²) in [5.41, 5.74) is -2.01. The summed E-state index contributed by atoms with van der Waals surface area (Å²) in [5, 5.41) is 12.9. The zero-order chi connectivity index (χ0) is 14.8. The number of carboxylic acids is 1. The third-order valence-corrected chi connectivity index (χ3v) is 2.48. The van der Waals surface area contributed by atoms with Crippen LogP contribution in [0, 0.1) is 18.6 Å². The van der Waals surface area contributed by atoms with E-state index in [2.05, 4.69) is 5.32 Å². The highest BCUT2D eigenvalue weighted by atomic mass is 19.1. The number of aliphatic carboxylic acids is 1. The number of hydrogen-bond donors (Lipinski definition) is 3. The van der Waals surface area contributed by atoms with Crippen LogP contribution in [0.25, 0.3) is 0 Å². The van der Waals surface area contributed by atoms with E-state index < -0.39 is 34.9 Å². The first kappa shape index (κ1) is 14.9. The smallest absolute Gasteiger partial charge is 0.328 e. The van der Waals surface area contributed by atoms with Crippen molar-refractivity contribution in [2.24, 2.45) is 0 Å². The van der Waals surface area contributed by atoms with E-state index in [-0.39, 0.29) is 5.56 Å². The number of anilines is 1. The molecule has 19 heavy (non-hydrogen) atoms. The molecule has 0 fully saturated rings. The molecule has 0 unspecified atom stereocenters. The molecule has 0 aromatic heterocycles. The topological polar surface area (TPSA) is 78.4 Å². The van der Waals surface area contributed by atoms with Gasteiger partial charge in [0.05, 0.1) is 0 Å². The molecule has 3 N–H and O–H groups in total. The number of nitrogens with one attached hydrogen (secondary N) is 2. The maximum absolute atomic E-state index is 13.6. The molecule has 2 amide bonds. The van der Waals surface area contributed by atoms with Crippen molar-refractivity contribution in [3.8, 4) is 0 Å². The zero-order valence-corrected chi connectivity index (χ0v) is 10.7. The second-order valence-corrected chi connectivity index (χ2v) is 4.56. The predicted octanol–water partition coefficient (Wildman–Crippen LogP) is 2.26. The monoisotopic (exact) mass is 272 g/mol. The number of carboxylic acid groups (broad SMARTS) is 1. The van der Waals surface area contributed by atoms with Crippen LogP contribution in [0.3, 0.4) is 0 Å². The van der Waals surface area contributed by atoms with Gasteiger partial charge in [0.2, 0.25) is 0 Å². The van der Waals surface area contributed by atoms with Gasteiger partial charge in [0.25, 0.3) is 0 Å². The van der Waals surface area contributed by atoms with Gasteiger partial charge < -0.3 is 15.7 Å². The fourth-order valence-electron chi connectivity index (χ4n) is 1.25. The number of halogens is 2.